The van der Waals surface area contributed by atoms with Crippen LogP contribution in [0.15, 0.2) is 48.5 Å². The maximum Gasteiger partial charge on any atom is 0.251 e. The molecule has 1 unspecified atom stereocenters. The topological polar surface area (TPSA) is 50.8 Å². The second kappa shape index (κ2) is 12.2. The predicted molar refractivity (Wildman–Crippen MR) is 123 cm³/mol. The molecule has 2 aromatic rings. The quantitative estimate of drug-likeness (QED) is 0.635. The molecule has 0 aliphatic carbocycles. The van der Waals surface area contributed by atoms with Crippen LogP contribution >= 0.6 is 24.0 Å². The van der Waals surface area contributed by atoms with Crippen LogP contribution in [-0.4, -0.2) is 50.3 Å². The van der Waals surface area contributed by atoms with Crippen molar-refractivity contribution in [1.29, 1.82) is 0 Å². The van der Waals surface area contributed by atoms with Crippen molar-refractivity contribution in [1.82, 2.24) is 10.2 Å². The summed E-state index contributed by atoms with van der Waals surface area (Å²) in [5.74, 6) is 1.13. The van der Waals surface area contributed by atoms with Crippen LogP contribution in [0.25, 0.3) is 0 Å². The van der Waals surface area contributed by atoms with Crippen molar-refractivity contribution in [2.24, 2.45) is 5.92 Å². The Bertz CT molecular complexity index is 793. The van der Waals surface area contributed by atoms with Gasteiger partial charge in [0.05, 0.1) is 25.9 Å². The summed E-state index contributed by atoms with van der Waals surface area (Å²) in [4.78, 5) is 15.0. The second-order valence-electron chi connectivity index (χ2n) is 7.62. The minimum Gasteiger partial charge on any atom is -0.493 e. The Labute approximate surface area is 190 Å². The molecule has 0 aromatic heterocycles. The fraction of sp³-hybridized carbons (Fsp3) is 0.435. The van der Waals surface area contributed by atoms with E-state index in [1.807, 2.05) is 36.4 Å². The molecular weight excluding hydrogens is 423 g/mol. The average molecular weight is 453 g/mol. The number of morpholine rings is 1. The van der Waals surface area contributed by atoms with Gasteiger partial charge < -0.3 is 14.8 Å². The Morgan fingerprint density at radius 2 is 1.80 bits per heavy atom. The smallest absolute Gasteiger partial charge is 0.251 e. The van der Waals surface area contributed by atoms with Gasteiger partial charge in [0.15, 0.2) is 0 Å². The Balaban J connectivity index is 0.00000320. The molecule has 0 saturated carbocycles. The number of nitrogens with zero attached hydrogens (tertiary/aromatic N) is 1. The lowest BCUT2D eigenvalue weighted by molar-refractivity contribution is 0.0162. The fourth-order valence-corrected chi connectivity index (χ4v) is 3.59. The summed E-state index contributed by atoms with van der Waals surface area (Å²) in [6.07, 6.45) is 0. The summed E-state index contributed by atoms with van der Waals surface area (Å²) in [7, 11) is 0. The molecule has 1 N–H and O–H groups in total. The summed E-state index contributed by atoms with van der Waals surface area (Å²) in [6, 6.07) is 15.1. The van der Waals surface area contributed by atoms with Crippen molar-refractivity contribution in [2.45, 2.75) is 19.9 Å². The lowest BCUT2D eigenvalue weighted by atomic mass is 10.0. The summed E-state index contributed by atoms with van der Waals surface area (Å²) in [5.41, 5.74) is 1.63. The molecule has 0 bridgehead atoms. The lowest BCUT2D eigenvalue weighted by Crippen LogP contribution is -2.44. The number of halogens is 2. The maximum atomic E-state index is 12.7. The van der Waals surface area contributed by atoms with E-state index >= 15 is 0 Å². The van der Waals surface area contributed by atoms with E-state index in [1.165, 1.54) is 0 Å². The van der Waals surface area contributed by atoms with Crippen molar-refractivity contribution in [3.8, 4) is 5.75 Å². The number of hydrogen-bond donors (Lipinski definition) is 1. The molecule has 1 heterocycles. The molecule has 3 rings (SSSR count). The summed E-state index contributed by atoms with van der Waals surface area (Å²) in [5, 5.41) is 3.78. The van der Waals surface area contributed by atoms with Crippen molar-refractivity contribution in [3.05, 3.63) is 64.7 Å². The first-order valence-corrected chi connectivity index (χ1v) is 10.5. The monoisotopic (exact) mass is 452 g/mol. The zero-order valence-electron chi connectivity index (χ0n) is 17.5. The number of carbonyl (C=O) groups is 1. The van der Waals surface area contributed by atoms with Gasteiger partial charge in [0.2, 0.25) is 0 Å². The zero-order chi connectivity index (χ0) is 20.6. The molecule has 2 aromatic carbocycles. The first kappa shape index (κ1) is 24.5. The van der Waals surface area contributed by atoms with Crippen LogP contribution in [0, 0.1) is 5.92 Å². The molecule has 5 nitrogen and oxygen atoms in total. The first-order valence-electron chi connectivity index (χ1n) is 10.1. The van der Waals surface area contributed by atoms with Gasteiger partial charge in [-0.1, -0.05) is 43.6 Å². The molecular formula is C23H30Cl2N2O3. The first-order chi connectivity index (χ1) is 14.0. The minimum atomic E-state index is -0.106. The number of nitrogens with one attached hydrogen (secondary N) is 1. The molecule has 1 aliphatic rings. The van der Waals surface area contributed by atoms with Gasteiger partial charge in [-0.3, -0.25) is 9.69 Å². The molecule has 1 fully saturated rings. The number of rotatable bonds is 8. The number of ether oxygens (including phenoxy) is 2. The Morgan fingerprint density at radius 1 is 1.13 bits per heavy atom. The second-order valence-corrected chi connectivity index (χ2v) is 8.03. The van der Waals surface area contributed by atoms with Crippen LogP contribution in [0.2, 0.25) is 5.02 Å². The molecule has 1 amide bonds. The summed E-state index contributed by atoms with van der Waals surface area (Å²) >= 11 is 6.46. The predicted octanol–water partition coefficient (Wildman–Crippen LogP) is 4.60. The lowest BCUT2D eigenvalue weighted by Gasteiger charge is -2.35. The third-order valence-corrected chi connectivity index (χ3v) is 5.25. The average Bonchev–Trinajstić information content (AvgIpc) is 2.74. The number of hydrogen-bond acceptors (Lipinski definition) is 4. The molecule has 1 atom stereocenters. The van der Waals surface area contributed by atoms with Crippen LogP contribution in [0.3, 0.4) is 0 Å². The van der Waals surface area contributed by atoms with E-state index < -0.39 is 0 Å². The summed E-state index contributed by atoms with van der Waals surface area (Å²) in [6.45, 7) is 8.34. The van der Waals surface area contributed by atoms with Crippen LogP contribution in [-0.2, 0) is 4.74 Å². The Kier molecular flexibility index (Phi) is 9.92. The highest BCUT2D eigenvalue weighted by atomic mass is 35.5. The molecule has 30 heavy (non-hydrogen) atoms. The van der Waals surface area contributed by atoms with E-state index in [1.54, 1.807) is 12.1 Å². The van der Waals surface area contributed by atoms with Crippen LogP contribution in [0.1, 0.15) is 35.8 Å². The standard InChI is InChI=1S/C23H29ClN2O3.ClH/c1-17(2)16-29-19-9-7-18(8-10-19)23(27)25-15-22(26-11-13-28-14-12-26)20-5-3-4-6-21(20)24;/h3-10,17,22H,11-16H2,1-2H3,(H,25,27);1H. The third-order valence-electron chi connectivity index (χ3n) is 4.91. The van der Waals surface area contributed by atoms with Gasteiger partial charge in [0.25, 0.3) is 5.91 Å². The Hall–Kier alpha value is -1.79. The van der Waals surface area contributed by atoms with E-state index in [0.717, 1.165) is 24.4 Å². The van der Waals surface area contributed by atoms with Gasteiger partial charge in [-0.15, -0.1) is 12.4 Å². The van der Waals surface area contributed by atoms with Gasteiger partial charge in [0.1, 0.15) is 5.75 Å². The SMILES string of the molecule is CC(C)COc1ccc(C(=O)NCC(c2ccccc2Cl)N2CCOCC2)cc1.Cl. The van der Waals surface area contributed by atoms with Gasteiger partial charge in [-0.05, 0) is 41.8 Å². The van der Waals surface area contributed by atoms with Crippen molar-refractivity contribution < 1.29 is 14.3 Å². The zero-order valence-corrected chi connectivity index (χ0v) is 19.0. The molecule has 0 spiro atoms. The number of carbonyl (C=O) groups excluding carboxylic acids is 1. The van der Waals surface area contributed by atoms with E-state index in [4.69, 9.17) is 21.1 Å². The van der Waals surface area contributed by atoms with Gasteiger partial charge >= 0.3 is 0 Å². The maximum absolute atomic E-state index is 12.7. The van der Waals surface area contributed by atoms with Crippen LogP contribution in [0.5, 0.6) is 5.75 Å². The molecule has 164 valence electrons. The number of amides is 1. The normalized spacial score (nSPS) is 15.3. The van der Waals surface area contributed by atoms with E-state index in [-0.39, 0.29) is 24.4 Å². The molecule has 1 aliphatic heterocycles. The van der Waals surface area contributed by atoms with Gasteiger partial charge in [-0.2, -0.15) is 0 Å². The summed E-state index contributed by atoms with van der Waals surface area (Å²) < 4.78 is 11.2. The highest BCUT2D eigenvalue weighted by Crippen LogP contribution is 2.28. The van der Waals surface area contributed by atoms with Crippen LogP contribution < -0.4 is 10.1 Å². The molecule has 7 heteroatoms. The van der Waals surface area contributed by atoms with Crippen molar-refractivity contribution >= 4 is 29.9 Å². The minimum absolute atomic E-state index is 0. The number of benzene rings is 2. The van der Waals surface area contributed by atoms with Gasteiger partial charge in [-0.25, -0.2) is 0 Å². The Morgan fingerprint density at radius 3 is 2.43 bits per heavy atom. The van der Waals surface area contributed by atoms with Crippen molar-refractivity contribution in [3.63, 3.8) is 0 Å². The van der Waals surface area contributed by atoms with Crippen molar-refractivity contribution in [2.75, 3.05) is 39.5 Å². The largest absolute Gasteiger partial charge is 0.493 e. The highest BCUT2D eigenvalue weighted by Gasteiger charge is 2.25. The third kappa shape index (κ3) is 6.88. The molecule has 1 saturated heterocycles. The van der Waals surface area contributed by atoms with Crippen LogP contribution in [0.4, 0.5) is 0 Å². The van der Waals surface area contributed by atoms with Gasteiger partial charge in [0, 0.05) is 30.2 Å². The fourth-order valence-electron chi connectivity index (χ4n) is 3.33. The highest BCUT2D eigenvalue weighted by molar-refractivity contribution is 6.31. The molecule has 0 radical (unpaired) electrons. The van der Waals surface area contributed by atoms with E-state index in [9.17, 15) is 4.79 Å². The van der Waals surface area contributed by atoms with E-state index in [0.29, 0.717) is 42.9 Å². The van der Waals surface area contributed by atoms with E-state index in [2.05, 4.69) is 24.1 Å².